The van der Waals surface area contributed by atoms with E-state index in [1.54, 1.807) is 50.2 Å². The van der Waals surface area contributed by atoms with Crippen LogP contribution in [0.1, 0.15) is 46.8 Å². The Hall–Kier alpha value is -3.61. The molecule has 1 heterocycles. The molecule has 1 N–H and O–H groups in total. The molecule has 0 saturated carbocycles. The summed E-state index contributed by atoms with van der Waals surface area (Å²) in [4.78, 5) is 26.7. The summed E-state index contributed by atoms with van der Waals surface area (Å²) in [7, 11) is 0. The van der Waals surface area contributed by atoms with Crippen molar-refractivity contribution in [3.8, 4) is 5.75 Å². The molecule has 37 heavy (non-hydrogen) atoms. The van der Waals surface area contributed by atoms with Gasteiger partial charge < -0.3 is 14.8 Å². The minimum atomic E-state index is -0.762. The lowest BCUT2D eigenvalue weighted by molar-refractivity contribution is -0.138. The number of benzene rings is 3. The highest BCUT2D eigenvalue weighted by atomic mass is 35.5. The molecule has 5 nitrogen and oxygen atoms in total. The number of carbonyl (C=O) groups is 2. The molecule has 1 aliphatic carbocycles. The van der Waals surface area contributed by atoms with Crippen molar-refractivity contribution >= 4 is 40.7 Å². The molecule has 1 aliphatic heterocycles. The average Bonchev–Trinajstić information content (AvgIpc) is 3.14. The summed E-state index contributed by atoms with van der Waals surface area (Å²) in [6.45, 7) is 3.73. The molecule has 188 valence electrons. The maximum atomic E-state index is 13.6. The van der Waals surface area contributed by atoms with E-state index in [1.165, 1.54) is 12.1 Å². The summed E-state index contributed by atoms with van der Waals surface area (Å²) in [5, 5.41) is 3.65. The van der Waals surface area contributed by atoms with Gasteiger partial charge in [-0.2, -0.15) is 0 Å². The van der Waals surface area contributed by atoms with E-state index in [4.69, 9.17) is 32.7 Å². The van der Waals surface area contributed by atoms with Gasteiger partial charge in [0.25, 0.3) is 0 Å². The Morgan fingerprint density at radius 2 is 1.73 bits per heavy atom. The number of carbonyl (C=O) groups excluding carboxylic acids is 2. The summed E-state index contributed by atoms with van der Waals surface area (Å²) in [5.74, 6) is -1.64. The normalized spacial score (nSPS) is 16.4. The van der Waals surface area contributed by atoms with Crippen LogP contribution >= 0.6 is 23.2 Å². The maximum absolute atomic E-state index is 13.6. The predicted molar refractivity (Wildman–Crippen MR) is 140 cm³/mol. The second kappa shape index (κ2) is 10.0. The van der Waals surface area contributed by atoms with Gasteiger partial charge >= 0.3 is 5.97 Å². The molecule has 1 atom stereocenters. The lowest BCUT2D eigenvalue weighted by Crippen LogP contribution is -2.29. The number of ketones is 1. The molecule has 5 rings (SSSR count). The van der Waals surface area contributed by atoms with Crippen molar-refractivity contribution in [3.05, 3.63) is 116 Å². The van der Waals surface area contributed by atoms with Crippen molar-refractivity contribution in [2.75, 3.05) is 6.61 Å². The highest BCUT2D eigenvalue weighted by Gasteiger charge is 2.43. The number of fused-ring (bicyclic) bond motifs is 2. The van der Waals surface area contributed by atoms with Crippen LogP contribution in [0, 0.1) is 5.82 Å². The number of nitrogens with one attached hydrogen (secondary N) is 1. The fourth-order valence-corrected chi connectivity index (χ4v) is 5.42. The number of ether oxygens (including phenoxy) is 2. The Bertz CT molecular complexity index is 1490. The van der Waals surface area contributed by atoms with Crippen molar-refractivity contribution < 1.29 is 23.5 Å². The Morgan fingerprint density at radius 3 is 2.41 bits per heavy atom. The van der Waals surface area contributed by atoms with Gasteiger partial charge in [-0.05, 0) is 49.2 Å². The van der Waals surface area contributed by atoms with Crippen LogP contribution in [0.3, 0.4) is 0 Å². The van der Waals surface area contributed by atoms with E-state index in [2.05, 4.69) is 5.32 Å². The van der Waals surface area contributed by atoms with Crippen molar-refractivity contribution in [1.82, 2.24) is 5.32 Å². The molecule has 0 fully saturated rings. The van der Waals surface area contributed by atoms with Crippen LogP contribution in [0.25, 0.3) is 5.70 Å². The van der Waals surface area contributed by atoms with Crippen LogP contribution in [0.2, 0.25) is 10.0 Å². The minimum Gasteiger partial charge on any atom is -0.486 e. The summed E-state index contributed by atoms with van der Waals surface area (Å²) >= 11 is 13.2. The van der Waals surface area contributed by atoms with Gasteiger partial charge in [-0.1, -0.05) is 59.6 Å². The van der Waals surface area contributed by atoms with E-state index < -0.39 is 11.9 Å². The summed E-state index contributed by atoms with van der Waals surface area (Å²) < 4.78 is 24.7. The van der Waals surface area contributed by atoms with E-state index in [0.717, 1.165) is 5.56 Å². The topological polar surface area (TPSA) is 64.6 Å². The van der Waals surface area contributed by atoms with Crippen LogP contribution in [-0.2, 0) is 16.1 Å². The van der Waals surface area contributed by atoms with Crippen LogP contribution in [0.15, 0.2) is 77.5 Å². The zero-order chi connectivity index (χ0) is 26.3. The highest BCUT2D eigenvalue weighted by molar-refractivity contribution is 6.37. The van der Waals surface area contributed by atoms with E-state index in [1.807, 2.05) is 12.1 Å². The molecule has 0 saturated heterocycles. The Morgan fingerprint density at radius 1 is 1.03 bits per heavy atom. The third-order valence-corrected chi connectivity index (χ3v) is 6.93. The molecule has 2 aliphatic rings. The fraction of sp³-hybridized carbons (Fsp3) is 0.172. The molecular weight excluding hydrogens is 516 g/mol. The third kappa shape index (κ3) is 4.52. The van der Waals surface area contributed by atoms with E-state index >= 15 is 0 Å². The second-order valence-corrected chi connectivity index (χ2v) is 9.53. The van der Waals surface area contributed by atoms with Crippen LogP contribution < -0.4 is 10.1 Å². The van der Waals surface area contributed by atoms with Gasteiger partial charge in [0.05, 0.1) is 27.9 Å². The van der Waals surface area contributed by atoms with Gasteiger partial charge in [0, 0.05) is 28.3 Å². The van der Waals surface area contributed by atoms with Crippen molar-refractivity contribution in [3.63, 3.8) is 0 Å². The number of rotatable bonds is 6. The van der Waals surface area contributed by atoms with Crippen molar-refractivity contribution in [2.24, 2.45) is 0 Å². The van der Waals surface area contributed by atoms with Gasteiger partial charge in [0.2, 0.25) is 0 Å². The number of allylic oxidation sites excluding steroid dienone is 2. The quantitative estimate of drug-likeness (QED) is 0.348. The van der Waals surface area contributed by atoms with Gasteiger partial charge in [-0.25, -0.2) is 9.18 Å². The van der Waals surface area contributed by atoms with Crippen molar-refractivity contribution in [2.45, 2.75) is 26.4 Å². The van der Waals surface area contributed by atoms with Gasteiger partial charge in [-0.3, -0.25) is 4.79 Å². The number of Topliss-reactive ketones (excluding diaryl/α,β-unsaturated/α-hetero) is 1. The van der Waals surface area contributed by atoms with Gasteiger partial charge in [0.1, 0.15) is 12.4 Å². The summed E-state index contributed by atoms with van der Waals surface area (Å²) in [5.41, 5.74) is 4.43. The molecule has 0 unspecified atom stereocenters. The number of hydrogen-bond donors (Lipinski definition) is 1. The lowest BCUT2D eigenvalue weighted by Gasteiger charge is -2.29. The van der Waals surface area contributed by atoms with E-state index in [9.17, 15) is 14.0 Å². The first-order valence-electron chi connectivity index (χ1n) is 11.7. The molecule has 0 radical (unpaired) electrons. The molecule has 0 spiro atoms. The second-order valence-electron chi connectivity index (χ2n) is 8.71. The molecule has 3 aromatic rings. The first-order valence-corrected chi connectivity index (χ1v) is 12.4. The Kier molecular flexibility index (Phi) is 6.80. The Labute approximate surface area is 223 Å². The zero-order valence-corrected chi connectivity index (χ0v) is 21.5. The largest absolute Gasteiger partial charge is 0.486 e. The first kappa shape index (κ1) is 25.1. The number of halogens is 3. The SMILES string of the molecule is CCOC(=O)C1=C(C)NC2=C(C(=O)c3ccccc32)[C@@H]1c1cc(Cl)c(OCc2cccc(F)c2)c(Cl)c1. The van der Waals surface area contributed by atoms with Crippen LogP contribution in [0.4, 0.5) is 4.39 Å². The standard InChI is InChI=1S/C29H22Cl2FNO4/c1-3-36-29(35)23-15(2)33-26-19-9-4-5-10-20(19)27(34)25(26)24(23)17-12-21(30)28(22(31)13-17)37-14-16-7-6-8-18(32)11-16/h4-13,24,33H,3,14H2,1-2H3/t24-/m1/s1. The van der Waals surface area contributed by atoms with Gasteiger partial charge in [0.15, 0.2) is 11.5 Å². The monoisotopic (exact) mass is 537 g/mol. The molecule has 0 aromatic heterocycles. The molecule has 0 amide bonds. The Balaban J connectivity index is 1.58. The zero-order valence-electron chi connectivity index (χ0n) is 20.0. The molecule has 8 heteroatoms. The number of dihydropyridines is 1. The van der Waals surface area contributed by atoms with E-state index in [-0.39, 0.29) is 40.6 Å². The smallest absolute Gasteiger partial charge is 0.336 e. The predicted octanol–water partition coefficient (Wildman–Crippen LogP) is 6.84. The summed E-state index contributed by atoms with van der Waals surface area (Å²) in [6.07, 6.45) is 0. The van der Waals surface area contributed by atoms with E-state index in [0.29, 0.717) is 39.2 Å². The average molecular weight is 538 g/mol. The third-order valence-electron chi connectivity index (χ3n) is 6.37. The molecule has 0 bridgehead atoms. The van der Waals surface area contributed by atoms with Crippen LogP contribution in [0.5, 0.6) is 5.75 Å². The van der Waals surface area contributed by atoms with Gasteiger partial charge in [-0.15, -0.1) is 0 Å². The maximum Gasteiger partial charge on any atom is 0.336 e. The van der Waals surface area contributed by atoms with Crippen LogP contribution in [-0.4, -0.2) is 18.4 Å². The lowest BCUT2D eigenvalue weighted by atomic mass is 9.80. The molecular formula is C29H22Cl2FNO4. The van der Waals surface area contributed by atoms with Crippen molar-refractivity contribution in [1.29, 1.82) is 0 Å². The minimum absolute atomic E-state index is 0.0556. The first-order chi connectivity index (χ1) is 17.8. The number of esters is 1. The molecule has 3 aromatic carbocycles. The summed E-state index contributed by atoms with van der Waals surface area (Å²) in [6, 6.07) is 16.6. The number of hydrogen-bond acceptors (Lipinski definition) is 5. The highest BCUT2D eigenvalue weighted by Crippen LogP contribution is 2.48. The fourth-order valence-electron chi connectivity index (χ4n) is 4.81.